The minimum Gasteiger partial charge on any atom is -0.379 e. The zero-order valence-corrected chi connectivity index (χ0v) is 12.2. The van der Waals surface area contributed by atoms with Gasteiger partial charge in [0.15, 0.2) is 0 Å². The van der Waals surface area contributed by atoms with E-state index >= 15 is 0 Å². The van der Waals surface area contributed by atoms with Crippen molar-refractivity contribution in [3.63, 3.8) is 0 Å². The van der Waals surface area contributed by atoms with E-state index in [1.165, 1.54) is 9.71 Å². The van der Waals surface area contributed by atoms with Crippen LogP contribution in [-0.4, -0.2) is 39.0 Å². The van der Waals surface area contributed by atoms with Crippen LogP contribution in [0.2, 0.25) is 0 Å². The number of sulfonamides is 1. The Kier molecular flexibility index (Phi) is 4.55. The molecule has 0 atom stereocenters. The molecule has 6 heteroatoms. The molecule has 0 unspecified atom stereocenters. The Morgan fingerprint density at radius 2 is 2.00 bits per heavy atom. The highest BCUT2D eigenvalue weighted by Gasteiger charge is 2.21. The maximum absolute atomic E-state index is 12.0. The van der Waals surface area contributed by atoms with Crippen LogP contribution >= 0.6 is 15.9 Å². The monoisotopic (exact) mass is 331 g/mol. The van der Waals surface area contributed by atoms with Gasteiger partial charge in [-0.1, -0.05) is 28.1 Å². The number of rotatable bonds is 3. The molecule has 98 valence electrons. The average Bonchev–Trinajstić information content (AvgIpc) is 2.38. The van der Waals surface area contributed by atoms with Gasteiger partial charge in [0.2, 0.25) is 10.0 Å². The van der Waals surface area contributed by atoms with Crippen LogP contribution in [0.1, 0.15) is 5.56 Å². The van der Waals surface area contributed by atoms with Gasteiger partial charge in [-0.25, -0.2) is 8.42 Å². The number of nitrogens with zero attached hydrogens (tertiary/aromatic N) is 1. The summed E-state index contributed by atoms with van der Waals surface area (Å²) in [6, 6.07) is 7.49. The van der Waals surface area contributed by atoms with E-state index in [-0.39, 0.29) is 0 Å². The van der Waals surface area contributed by atoms with Crippen molar-refractivity contribution >= 4 is 32.0 Å². The normalized spacial score (nSPS) is 18.3. The Balaban J connectivity index is 2.12. The molecule has 0 radical (unpaired) electrons. The number of morpholine rings is 1. The van der Waals surface area contributed by atoms with Crippen LogP contribution < -0.4 is 0 Å². The highest BCUT2D eigenvalue weighted by atomic mass is 79.9. The highest BCUT2D eigenvalue weighted by molar-refractivity contribution is 9.10. The minimum absolute atomic E-state index is 0.422. The van der Waals surface area contributed by atoms with Gasteiger partial charge in [-0.05, 0) is 23.8 Å². The van der Waals surface area contributed by atoms with Crippen molar-refractivity contribution in [2.24, 2.45) is 0 Å². The standard InChI is InChI=1S/C12H14BrNO3S/c13-12-3-1-2-11(10-12)4-9-18(15,16)14-5-7-17-8-6-14/h1-4,9-10H,5-8H2. The number of halogens is 1. The predicted octanol–water partition coefficient (Wildman–Crippen LogP) is 2.08. The molecule has 2 rings (SSSR count). The lowest BCUT2D eigenvalue weighted by Crippen LogP contribution is -2.39. The second-order valence-electron chi connectivity index (χ2n) is 3.91. The first kappa shape index (κ1) is 13.7. The molecule has 1 aromatic carbocycles. The fraction of sp³-hybridized carbons (Fsp3) is 0.333. The van der Waals surface area contributed by atoms with Crippen molar-refractivity contribution in [3.05, 3.63) is 39.7 Å². The topological polar surface area (TPSA) is 46.6 Å². The summed E-state index contributed by atoms with van der Waals surface area (Å²) < 4.78 is 31.5. The van der Waals surface area contributed by atoms with Gasteiger partial charge >= 0.3 is 0 Å². The molecule has 4 nitrogen and oxygen atoms in total. The van der Waals surface area contributed by atoms with E-state index in [0.29, 0.717) is 26.3 Å². The van der Waals surface area contributed by atoms with Crippen molar-refractivity contribution in [1.82, 2.24) is 4.31 Å². The Morgan fingerprint density at radius 3 is 2.67 bits per heavy atom. The van der Waals surface area contributed by atoms with Gasteiger partial charge in [0.05, 0.1) is 13.2 Å². The van der Waals surface area contributed by atoms with Crippen molar-refractivity contribution in [2.45, 2.75) is 0 Å². The SMILES string of the molecule is O=S(=O)(C=Cc1cccc(Br)c1)N1CCOCC1. The molecular formula is C12H14BrNO3S. The second-order valence-corrected chi connectivity index (χ2v) is 6.65. The molecule has 1 saturated heterocycles. The van der Waals surface area contributed by atoms with Crippen LogP contribution in [-0.2, 0) is 14.8 Å². The van der Waals surface area contributed by atoms with E-state index in [2.05, 4.69) is 15.9 Å². The van der Waals surface area contributed by atoms with E-state index < -0.39 is 10.0 Å². The number of ether oxygens (including phenoxy) is 1. The van der Waals surface area contributed by atoms with E-state index in [4.69, 9.17) is 4.74 Å². The summed E-state index contributed by atoms with van der Waals surface area (Å²) in [6.07, 6.45) is 1.61. The first-order valence-electron chi connectivity index (χ1n) is 5.59. The molecule has 0 aromatic heterocycles. The molecule has 0 amide bonds. The molecule has 18 heavy (non-hydrogen) atoms. The molecule has 0 N–H and O–H groups in total. The van der Waals surface area contributed by atoms with Gasteiger partial charge in [0, 0.05) is 23.0 Å². The third-order valence-electron chi connectivity index (χ3n) is 2.61. The van der Waals surface area contributed by atoms with Crippen molar-refractivity contribution < 1.29 is 13.2 Å². The smallest absolute Gasteiger partial charge is 0.236 e. The molecular weight excluding hydrogens is 318 g/mol. The summed E-state index contributed by atoms with van der Waals surface area (Å²) in [6.45, 7) is 1.77. The van der Waals surface area contributed by atoms with Gasteiger partial charge in [-0.3, -0.25) is 0 Å². The minimum atomic E-state index is -3.34. The van der Waals surface area contributed by atoms with Crippen LogP contribution in [0.5, 0.6) is 0 Å². The largest absolute Gasteiger partial charge is 0.379 e. The summed E-state index contributed by atoms with van der Waals surface area (Å²) in [4.78, 5) is 0. The second kappa shape index (κ2) is 5.97. The summed E-state index contributed by atoms with van der Waals surface area (Å²) in [5.41, 5.74) is 0.848. The van der Waals surface area contributed by atoms with Gasteiger partial charge in [0.25, 0.3) is 0 Å². The van der Waals surface area contributed by atoms with Crippen molar-refractivity contribution in [3.8, 4) is 0 Å². The first-order chi connectivity index (χ1) is 8.58. The first-order valence-corrected chi connectivity index (χ1v) is 7.89. The number of hydrogen-bond acceptors (Lipinski definition) is 3. The number of benzene rings is 1. The lowest BCUT2D eigenvalue weighted by Gasteiger charge is -2.24. The lowest BCUT2D eigenvalue weighted by molar-refractivity contribution is 0.0736. The number of hydrogen-bond donors (Lipinski definition) is 0. The summed E-state index contributed by atoms with van der Waals surface area (Å²) in [7, 11) is -3.34. The molecule has 1 aliphatic rings. The maximum atomic E-state index is 12.0. The maximum Gasteiger partial charge on any atom is 0.236 e. The zero-order valence-electron chi connectivity index (χ0n) is 9.75. The highest BCUT2D eigenvalue weighted by Crippen LogP contribution is 2.14. The molecule has 0 bridgehead atoms. The fourth-order valence-corrected chi connectivity index (χ4v) is 3.24. The molecule has 1 aliphatic heterocycles. The molecule has 1 aromatic rings. The van der Waals surface area contributed by atoms with E-state index in [0.717, 1.165) is 10.0 Å². The van der Waals surface area contributed by atoms with Gasteiger partial charge in [-0.2, -0.15) is 4.31 Å². The zero-order chi connectivity index (χ0) is 13.0. The average molecular weight is 332 g/mol. The third-order valence-corrected chi connectivity index (χ3v) is 4.67. The van der Waals surface area contributed by atoms with Crippen LogP contribution in [0, 0.1) is 0 Å². The van der Waals surface area contributed by atoms with Crippen molar-refractivity contribution in [2.75, 3.05) is 26.3 Å². The van der Waals surface area contributed by atoms with E-state index in [1.807, 2.05) is 24.3 Å². The Labute approximate surface area is 115 Å². The lowest BCUT2D eigenvalue weighted by atomic mass is 10.2. The van der Waals surface area contributed by atoms with Crippen LogP contribution in [0.3, 0.4) is 0 Å². The Morgan fingerprint density at radius 1 is 1.28 bits per heavy atom. The molecule has 0 aliphatic carbocycles. The molecule has 1 heterocycles. The van der Waals surface area contributed by atoms with Gasteiger partial charge in [0.1, 0.15) is 0 Å². The summed E-state index contributed by atoms with van der Waals surface area (Å²) in [5.74, 6) is 0. The van der Waals surface area contributed by atoms with Crippen LogP contribution in [0.15, 0.2) is 34.1 Å². The predicted molar refractivity (Wildman–Crippen MR) is 74.5 cm³/mol. The van der Waals surface area contributed by atoms with Crippen molar-refractivity contribution in [1.29, 1.82) is 0 Å². The van der Waals surface area contributed by atoms with E-state index in [9.17, 15) is 8.42 Å². The Bertz CT molecular complexity index is 536. The quantitative estimate of drug-likeness (QED) is 0.851. The van der Waals surface area contributed by atoms with Crippen LogP contribution in [0.4, 0.5) is 0 Å². The van der Waals surface area contributed by atoms with Gasteiger partial charge in [-0.15, -0.1) is 0 Å². The summed E-state index contributed by atoms with van der Waals surface area (Å²) >= 11 is 3.35. The molecule has 0 saturated carbocycles. The van der Waals surface area contributed by atoms with Gasteiger partial charge < -0.3 is 4.74 Å². The summed E-state index contributed by atoms with van der Waals surface area (Å²) in [5, 5.41) is 1.25. The van der Waals surface area contributed by atoms with Crippen LogP contribution in [0.25, 0.3) is 6.08 Å². The Hall–Kier alpha value is -0.690. The third kappa shape index (κ3) is 3.65. The van der Waals surface area contributed by atoms with E-state index in [1.54, 1.807) is 6.08 Å². The fourth-order valence-electron chi connectivity index (χ4n) is 1.66. The molecule has 1 fully saturated rings. The molecule has 0 spiro atoms.